The fourth-order valence-electron chi connectivity index (χ4n) is 3.19. The summed E-state index contributed by atoms with van der Waals surface area (Å²) in [6, 6.07) is 4.54. The van der Waals surface area contributed by atoms with E-state index in [-0.39, 0.29) is 12.1 Å². The highest BCUT2D eigenvalue weighted by molar-refractivity contribution is 5.64. The molecule has 2 heterocycles. The van der Waals surface area contributed by atoms with Crippen molar-refractivity contribution < 1.29 is 13.2 Å². The quantitative estimate of drug-likeness (QED) is 0.773. The van der Waals surface area contributed by atoms with Crippen LogP contribution in [0.1, 0.15) is 24.0 Å². The molecular formula is C13H15F3N2. The van der Waals surface area contributed by atoms with Gasteiger partial charge in [-0.3, -0.25) is 0 Å². The molecule has 2 aliphatic heterocycles. The Bertz CT molecular complexity index is 470. The van der Waals surface area contributed by atoms with Crippen molar-refractivity contribution in [2.24, 2.45) is 5.73 Å². The number of rotatable bonds is 0. The summed E-state index contributed by atoms with van der Waals surface area (Å²) in [5.74, 6) is 0. The highest BCUT2D eigenvalue weighted by atomic mass is 19.4. The van der Waals surface area contributed by atoms with Crippen LogP contribution in [0.3, 0.4) is 0 Å². The fourth-order valence-corrected chi connectivity index (χ4v) is 3.19. The van der Waals surface area contributed by atoms with E-state index in [1.807, 2.05) is 4.90 Å². The molecule has 0 bridgehead atoms. The molecule has 0 spiro atoms. The number of anilines is 1. The first kappa shape index (κ1) is 11.8. The van der Waals surface area contributed by atoms with Crippen molar-refractivity contribution in [1.82, 2.24) is 0 Å². The lowest BCUT2D eigenvalue weighted by molar-refractivity contribution is -0.137. The third-order valence-electron chi connectivity index (χ3n) is 4.02. The first-order valence-electron chi connectivity index (χ1n) is 6.20. The second kappa shape index (κ2) is 3.88. The monoisotopic (exact) mass is 256 g/mol. The maximum absolute atomic E-state index is 13.1. The first-order chi connectivity index (χ1) is 8.48. The van der Waals surface area contributed by atoms with E-state index in [2.05, 4.69) is 0 Å². The van der Waals surface area contributed by atoms with Gasteiger partial charge in [-0.05, 0) is 30.9 Å². The second-order valence-electron chi connectivity index (χ2n) is 5.06. The third kappa shape index (κ3) is 1.68. The van der Waals surface area contributed by atoms with Crippen molar-refractivity contribution in [2.45, 2.75) is 37.5 Å². The van der Waals surface area contributed by atoms with E-state index in [1.54, 1.807) is 6.07 Å². The topological polar surface area (TPSA) is 29.3 Å². The molecular weight excluding hydrogens is 241 g/mol. The number of para-hydroxylation sites is 1. The Balaban J connectivity index is 2.12. The van der Waals surface area contributed by atoms with Crippen molar-refractivity contribution in [1.29, 1.82) is 0 Å². The van der Waals surface area contributed by atoms with Gasteiger partial charge < -0.3 is 10.6 Å². The largest absolute Gasteiger partial charge is 0.418 e. The van der Waals surface area contributed by atoms with Gasteiger partial charge in [-0.15, -0.1) is 0 Å². The summed E-state index contributed by atoms with van der Waals surface area (Å²) in [7, 11) is 0. The molecule has 0 radical (unpaired) electrons. The molecule has 0 aliphatic carbocycles. The summed E-state index contributed by atoms with van der Waals surface area (Å²) in [5, 5.41) is 0. The Morgan fingerprint density at radius 2 is 2.00 bits per heavy atom. The van der Waals surface area contributed by atoms with Gasteiger partial charge in [0.05, 0.1) is 11.3 Å². The number of hydrogen-bond acceptors (Lipinski definition) is 2. The lowest BCUT2D eigenvalue weighted by Gasteiger charge is -2.36. The third-order valence-corrected chi connectivity index (χ3v) is 4.02. The van der Waals surface area contributed by atoms with E-state index in [1.165, 1.54) is 12.1 Å². The molecule has 2 aliphatic rings. The predicted octanol–water partition coefficient (Wildman–Crippen LogP) is 2.56. The lowest BCUT2D eigenvalue weighted by Crippen LogP contribution is -2.43. The minimum Gasteiger partial charge on any atom is -0.366 e. The van der Waals surface area contributed by atoms with Crippen LogP contribution >= 0.6 is 0 Å². The van der Waals surface area contributed by atoms with Gasteiger partial charge in [0.25, 0.3) is 0 Å². The average molecular weight is 256 g/mol. The zero-order valence-corrected chi connectivity index (χ0v) is 9.87. The fraction of sp³-hybridized carbons (Fsp3) is 0.538. The Morgan fingerprint density at radius 3 is 2.72 bits per heavy atom. The molecule has 2 unspecified atom stereocenters. The standard InChI is InChI=1S/C13H15F3N2/c14-13(15,16)9-3-1-2-8-4-5-11-10(17)6-7-18(11)12(8)9/h1-3,10-11H,4-7,17H2. The summed E-state index contributed by atoms with van der Waals surface area (Å²) in [5.41, 5.74) is 6.64. The summed E-state index contributed by atoms with van der Waals surface area (Å²) in [6.45, 7) is 0.631. The molecule has 5 heteroatoms. The zero-order valence-electron chi connectivity index (χ0n) is 9.87. The van der Waals surface area contributed by atoms with Crippen LogP contribution in [-0.4, -0.2) is 18.6 Å². The predicted molar refractivity (Wildman–Crippen MR) is 63.5 cm³/mol. The van der Waals surface area contributed by atoms with Crippen LogP contribution in [0.15, 0.2) is 18.2 Å². The maximum atomic E-state index is 13.1. The van der Waals surface area contributed by atoms with Crippen molar-refractivity contribution >= 4 is 5.69 Å². The van der Waals surface area contributed by atoms with E-state index in [0.29, 0.717) is 18.7 Å². The molecule has 0 aromatic heterocycles. The minimum absolute atomic E-state index is 0.000519. The number of nitrogens with zero attached hydrogens (tertiary/aromatic N) is 1. The summed E-state index contributed by atoms with van der Waals surface area (Å²) >= 11 is 0. The molecule has 2 atom stereocenters. The molecule has 1 aromatic carbocycles. The molecule has 1 saturated heterocycles. The lowest BCUT2D eigenvalue weighted by atomic mass is 9.92. The van der Waals surface area contributed by atoms with Crippen LogP contribution in [0.25, 0.3) is 0 Å². The van der Waals surface area contributed by atoms with Crippen molar-refractivity contribution in [3.05, 3.63) is 29.3 Å². The van der Waals surface area contributed by atoms with E-state index in [9.17, 15) is 13.2 Å². The van der Waals surface area contributed by atoms with Gasteiger partial charge in [0.2, 0.25) is 0 Å². The van der Waals surface area contributed by atoms with Gasteiger partial charge in [-0.2, -0.15) is 13.2 Å². The van der Waals surface area contributed by atoms with Crippen LogP contribution in [0, 0.1) is 0 Å². The van der Waals surface area contributed by atoms with E-state index >= 15 is 0 Å². The van der Waals surface area contributed by atoms with Gasteiger partial charge in [0, 0.05) is 18.6 Å². The molecule has 2 N–H and O–H groups in total. The number of halogens is 3. The van der Waals surface area contributed by atoms with Crippen LogP contribution in [0.2, 0.25) is 0 Å². The second-order valence-corrected chi connectivity index (χ2v) is 5.06. The number of fused-ring (bicyclic) bond motifs is 3. The molecule has 0 saturated carbocycles. The Kier molecular flexibility index (Phi) is 2.55. The Hall–Kier alpha value is -1.23. The molecule has 3 rings (SSSR count). The van der Waals surface area contributed by atoms with Gasteiger partial charge in [-0.1, -0.05) is 12.1 Å². The van der Waals surface area contributed by atoms with Crippen molar-refractivity contribution in [3.8, 4) is 0 Å². The van der Waals surface area contributed by atoms with E-state index in [0.717, 1.165) is 18.4 Å². The van der Waals surface area contributed by atoms with Crippen molar-refractivity contribution in [2.75, 3.05) is 11.4 Å². The zero-order chi connectivity index (χ0) is 12.9. The minimum atomic E-state index is -4.29. The summed E-state index contributed by atoms with van der Waals surface area (Å²) < 4.78 is 39.2. The molecule has 1 fully saturated rings. The van der Waals surface area contributed by atoms with Gasteiger partial charge >= 0.3 is 6.18 Å². The molecule has 1 aromatic rings. The summed E-state index contributed by atoms with van der Waals surface area (Å²) in [4.78, 5) is 1.87. The van der Waals surface area contributed by atoms with Crippen LogP contribution in [0.5, 0.6) is 0 Å². The van der Waals surface area contributed by atoms with E-state index < -0.39 is 11.7 Å². The van der Waals surface area contributed by atoms with Gasteiger partial charge in [0.15, 0.2) is 0 Å². The van der Waals surface area contributed by atoms with Gasteiger partial charge in [0.1, 0.15) is 0 Å². The number of alkyl halides is 3. The van der Waals surface area contributed by atoms with E-state index in [4.69, 9.17) is 5.73 Å². The Labute approximate surface area is 104 Å². The molecule has 0 amide bonds. The van der Waals surface area contributed by atoms with Crippen LogP contribution in [0.4, 0.5) is 18.9 Å². The SMILES string of the molecule is NC1CCN2c3c(cccc3C(F)(F)F)CCC12. The number of hydrogen-bond donors (Lipinski definition) is 1. The molecule has 98 valence electrons. The molecule has 2 nitrogen and oxygen atoms in total. The number of nitrogens with two attached hydrogens (primary N) is 1. The van der Waals surface area contributed by atoms with Crippen LogP contribution < -0.4 is 10.6 Å². The number of aryl methyl sites for hydroxylation is 1. The van der Waals surface area contributed by atoms with Gasteiger partial charge in [-0.25, -0.2) is 0 Å². The normalized spacial score (nSPS) is 27.0. The van der Waals surface area contributed by atoms with Crippen molar-refractivity contribution in [3.63, 3.8) is 0 Å². The first-order valence-corrected chi connectivity index (χ1v) is 6.20. The summed E-state index contributed by atoms with van der Waals surface area (Å²) in [6.07, 6.45) is -1.97. The highest BCUT2D eigenvalue weighted by Crippen LogP contribution is 2.44. The Morgan fingerprint density at radius 1 is 1.22 bits per heavy atom. The van der Waals surface area contributed by atoms with Crippen LogP contribution in [-0.2, 0) is 12.6 Å². The molecule has 18 heavy (non-hydrogen) atoms. The average Bonchev–Trinajstić information content (AvgIpc) is 2.69. The highest BCUT2D eigenvalue weighted by Gasteiger charge is 2.42. The maximum Gasteiger partial charge on any atom is 0.418 e. The number of benzene rings is 1. The smallest absolute Gasteiger partial charge is 0.366 e.